The predicted molar refractivity (Wildman–Crippen MR) is 53.4 cm³/mol. The number of alkyl halides is 1. The summed E-state index contributed by atoms with van der Waals surface area (Å²) in [7, 11) is 0. The first-order chi connectivity index (χ1) is 7.04. The number of halogens is 1. The smallest absolute Gasteiger partial charge is 0.351 e. The van der Waals surface area contributed by atoms with Crippen LogP contribution in [0, 0.1) is 13.8 Å². The van der Waals surface area contributed by atoms with E-state index in [1.54, 1.807) is 20.8 Å². The van der Waals surface area contributed by atoms with Crippen LogP contribution >= 0.6 is 11.8 Å². The first-order valence-electron chi connectivity index (χ1n) is 4.46. The van der Waals surface area contributed by atoms with Crippen molar-refractivity contribution in [2.75, 3.05) is 6.61 Å². The summed E-state index contributed by atoms with van der Waals surface area (Å²) >= 11 is 0.608. The highest BCUT2D eigenvalue weighted by Gasteiger charge is 2.23. The van der Waals surface area contributed by atoms with Gasteiger partial charge in [0.05, 0.1) is 12.3 Å². The molecule has 4 nitrogen and oxygen atoms in total. The molecule has 1 aromatic rings. The standard InChI is InChI=1S/C9H12FNO3S/c1-4-13-8(12)7(10)15-9-11-5(2)6(3)14-9/h7H,4H2,1-3H3. The van der Waals surface area contributed by atoms with Gasteiger partial charge in [0.2, 0.25) is 0 Å². The summed E-state index contributed by atoms with van der Waals surface area (Å²) in [6.45, 7) is 5.25. The average Bonchev–Trinajstić information content (AvgIpc) is 2.46. The van der Waals surface area contributed by atoms with E-state index in [1.165, 1.54) is 0 Å². The fourth-order valence-electron chi connectivity index (χ4n) is 0.838. The van der Waals surface area contributed by atoms with E-state index in [4.69, 9.17) is 4.42 Å². The van der Waals surface area contributed by atoms with Crippen molar-refractivity contribution < 1.29 is 18.3 Å². The van der Waals surface area contributed by atoms with Crippen molar-refractivity contribution in [3.63, 3.8) is 0 Å². The molecule has 0 saturated heterocycles. The average molecular weight is 233 g/mol. The van der Waals surface area contributed by atoms with Crippen molar-refractivity contribution in [2.45, 2.75) is 31.5 Å². The molecule has 6 heteroatoms. The van der Waals surface area contributed by atoms with Crippen molar-refractivity contribution in [3.05, 3.63) is 11.5 Å². The number of aromatic nitrogens is 1. The largest absolute Gasteiger partial charge is 0.463 e. The number of ether oxygens (including phenoxy) is 1. The molecule has 84 valence electrons. The number of carbonyl (C=O) groups is 1. The maximum absolute atomic E-state index is 13.2. The zero-order valence-electron chi connectivity index (χ0n) is 8.74. The van der Waals surface area contributed by atoms with Crippen LogP contribution in [0.2, 0.25) is 0 Å². The zero-order chi connectivity index (χ0) is 11.4. The number of hydrogen-bond acceptors (Lipinski definition) is 5. The van der Waals surface area contributed by atoms with E-state index >= 15 is 0 Å². The van der Waals surface area contributed by atoms with Gasteiger partial charge in [0.15, 0.2) is 0 Å². The molecule has 0 saturated carbocycles. The van der Waals surface area contributed by atoms with Crippen LogP contribution in [0.5, 0.6) is 0 Å². The Bertz CT molecular complexity index is 334. The molecule has 0 spiro atoms. The Morgan fingerprint density at radius 1 is 1.67 bits per heavy atom. The minimum Gasteiger partial charge on any atom is -0.463 e. The Morgan fingerprint density at radius 2 is 2.33 bits per heavy atom. The molecule has 0 aromatic carbocycles. The molecule has 0 aliphatic carbocycles. The van der Waals surface area contributed by atoms with Crippen LogP contribution in [0.25, 0.3) is 0 Å². The van der Waals surface area contributed by atoms with Gasteiger partial charge in [0.1, 0.15) is 5.76 Å². The van der Waals surface area contributed by atoms with Crippen LogP contribution in [0.3, 0.4) is 0 Å². The van der Waals surface area contributed by atoms with E-state index in [-0.39, 0.29) is 11.8 Å². The first kappa shape index (κ1) is 12.0. The third-order valence-electron chi connectivity index (χ3n) is 1.69. The van der Waals surface area contributed by atoms with E-state index in [0.29, 0.717) is 23.2 Å². The predicted octanol–water partition coefficient (Wildman–Crippen LogP) is 2.24. The number of nitrogens with zero attached hydrogens (tertiary/aromatic N) is 1. The maximum atomic E-state index is 13.2. The third-order valence-corrected chi connectivity index (χ3v) is 2.46. The zero-order valence-corrected chi connectivity index (χ0v) is 9.56. The maximum Gasteiger partial charge on any atom is 0.351 e. The normalized spacial score (nSPS) is 12.5. The number of oxazole rings is 1. The summed E-state index contributed by atoms with van der Waals surface area (Å²) in [4.78, 5) is 14.9. The van der Waals surface area contributed by atoms with Crippen LogP contribution in [-0.4, -0.2) is 23.1 Å². The summed E-state index contributed by atoms with van der Waals surface area (Å²) in [6, 6.07) is 0. The van der Waals surface area contributed by atoms with Gasteiger partial charge < -0.3 is 9.15 Å². The summed E-state index contributed by atoms with van der Waals surface area (Å²) in [5, 5.41) is 0.144. The first-order valence-corrected chi connectivity index (χ1v) is 5.34. The Hall–Kier alpha value is -1.04. The van der Waals surface area contributed by atoms with Crippen molar-refractivity contribution in [2.24, 2.45) is 0 Å². The molecule has 1 rings (SSSR count). The SMILES string of the molecule is CCOC(=O)C(F)Sc1nc(C)c(C)o1. The highest BCUT2D eigenvalue weighted by Crippen LogP contribution is 2.26. The van der Waals surface area contributed by atoms with Gasteiger partial charge >= 0.3 is 5.97 Å². The second kappa shape index (κ2) is 5.16. The molecule has 0 amide bonds. The molecule has 0 aliphatic rings. The lowest BCUT2D eigenvalue weighted by Crippen LogP contribution is -2.15. The molecule has 1 unspecified atom stereocenters. The van der Waals surface area contributed by atoms with Crippen molar-refractivity contribution in [1.82, 2.24) is 4.98 Å². The molecular weight excluding hydrogens is 221 g/mol. The van der Waals surface area contributed by atoms with Crippen molar-refractivity contribution in [3.8, 4) is 0 Å². The monoisotopic (exact) mass is 233 g/mol. The number of thioether (sulfide) groups is 1. The van der Waals surface area contributed by atoms with Crippen molar-refractivity contribution in [1.29, 1.82) is 0 Å². The molecule has 0 N–H and O–H groups in total. The highest BCUT2D eigenvalue weighted by atomic mass is 32.2. The molecule has 1 aromatic heterocycles. The van der Waals surface area contributed by atoms with Gasteiger partial charge in [-0.3, -0.25) is 0 Å². The quantitative estimate of drug-likeness (QED) is 0.589. The summed E-state index contributed by atoms with van der Waals surface area (Å²) < 4.78 is 22.8. The number of carbonyl (C=O) groups excluding carboxylic acids is 1. The lowest BCUT2D eigenvalue weighted by Gasteiger charge is -2.03. The van der Waals surface area contributed by atoms with E-state index in [0.717, 1.165) is 0 Å². The molecule has 15 heavy (non-hydrogen) atoms. The number of hydrogen-bond donors (Lipinski definition) is 0. The summed E-state index contributed by atoms with van der Waals surface area (Å²) in [5.74, 6) is -0.287. The number of esters is 1. The van der Waals surface area contributed by atoms with Gasteiger partial charge in [0.25, 0.3) is 10.7 Å². The molecule has 0 radical (unpaired) electrons. The Morgan fingerprint density at radius 3 is 2.80 bits per heavy atom. The van der Waals surface area contributed by atoms with E-state index < -0.39 is 11.5 Å². The molecule has 0 fully saturated rings. The second-order valence-electron chi connectivity index (χ2n) is 2.81. The van der Waals surface area contributed by atoms with E-state index in [1.807, 2.05) is 0 Å². The minimum atomic E-state index is -1.79. The number of rotatable bonds is 4. The van der Waals surface area contributed by atoms with Gasteiger partial charge in [-0.15, -0.1) is 0 Å². The third kappa shape index (κ3) is 3.23. The van der Waals surface area contributed by atoms with Gasteiger partial charge in [-0.1, -0.05) is 0 Å². The Labute approximate surface area is 91.2 Å². The van der Waals surface area contributed by atoms with Crippen LogP contribution in [0.15, 0.2) is 9.64 Å². The molecule has 1 heterocycles. The Kier molecular flexibility index (Phi) is 4.14. The van der Waals surface area contributed by atoms with Crippen LogP contribution in [0.4, 0.5) is 4.39 Å². The minimum absolute atomic E-state index is 0.144. The Balaban J connectivity index is 2.58. The molecule has 0 aliphatic heterocycles. The van der Waals surface area contributed by atoms with Gasteiger partial charge in [-0.05, 0) is 32.5 Å². The fourth-order valence-corrected chi connectivity index (χ4v) is 1.54. The van der Waals surface area contributed by atoms with Gasteiger partial charge in [-0.25, -0.2) is 14.2 Å². The molecule has 0 bridgehead atoms. The highest BCUT2D eigenvalue weighted by molar-refractivity contribution is 8.00. The molecule has 1 atom stereocenters. The number of aryl methyl sites for hydroxylation is 2. The molecular formula is C9H12FNO3S. The summed E-state index contributed by atoms with van der Waals surface area (Å²) in [5.41, 5.74) is -1.10. The topological polar surface area (TPSA) is 52.3 Å². The van der Waals surface area contributed by atoms with E-state index in [9.17, 15) is 9.18 Å². The van der Waals surface area contributed by atoms with Gasteiger partial charge in [0, 0.05) is 0 Å². The summed E-state index contributed by atoms with van der Waals surface area (Å²) in [6.07, 6.45) is 0. The lowest BCUT2D eigenvalue weighted by atomic mass is 10.4. The van der Waals surface area contributed by atoms with Gasteiger partial charge in [-0.2, -0.15) is 0 Å². The van der Waals surface area contributed by atoms with Crippen LogP contribution in [-0.2, 0) is 9.53 Å². The van der Waals surface area contributed by atoms with Crippen LogP contribution < -0.4 is 0 Å². The van der Waals surface area contributed by atoms with E-state index in [2.05, 4.69) is 9.72 Å². The fraction of sp³-hybridized carbons (Fsp3) is 0.556. The van der Waals surface area contributed by atoms with Crippen molar-refractivity contribution >= 4 is 17.7 Å². The van der Waals surface area contributed by atoms with Crippen LogP contribution in [0.1, 0.15) is 18.4 Å². The lowest BCUT2D eigenvalue weighted by molar-refractivity contribution is -0.145. The second-order valence-corrected chi connectivity index (χ2v) is 3.81.